The Labute approximate surface area is 198 Å². The largest absolute Gasteiger partial charge is 0.485 e. The van der Waals surface area contributed by atoms with Gasteiger partial charge in [-0.2, -0.15) is 0 Å². The quantitative estimate of drug-likeness (QED) is 0.420. The lowest BCUT2D eigenvalue weighted by Crippen LogP contribution is -2.23. The second-order valence-corrected chi connectivity index (χ2v) is 8.47. The van der Waals surface area contributed by atoms with E-state index in [-0.39, 0.29) is 40.6 Å². The molecule has 10 nitrogen and oxygen atoms in total. The van der Waals surface area contributed by atoms with Crippen LogP contribution >= 0.6 is 11.8 Å². The van der Waals surface area contributed by atoms with E-state index in [1.165, 1.54) is 4.68 Å². The van der Waals surface area contributed by atoms with Crippen LogP contribution in [-0.2, 0) is 11.8 Å². The molecule has 0 bridgehead atoms. The number of rotatable bonds is 6. The third kappa shape index (κ3) is 4.17. The van der Waals surface area contributed by atoms with Crippen LogP contribution in [0.4, 0.5) is 5.69 Å². The van der Waals surface area contributed by atoms with Crippen LogP contribution in [0, 0.1) is 6.92 Å². The van der Waals surface area contributed by atoms with Gasteiger partial charge in [-0.05, 0) is 31.2 Å². The summed E-state index contributed by atoms with van der Waals surface area (Å²) in [6, 6.07) is 16.6. The number of thioether (sulfide) groups is 1. The number of aromatic nitrogens is 4. The lowest BCUT2D eigenvalue weighted by Gasteiger charge is -2.23. The van der Waals surface area contributed by atoms with Gasteiger partial charge in [-0.3, -0.25) is 14.3 Å². The number of fused-ring (bicyclic) bond motifs is 1. The molecule has 1 aliphatic rings. The van der Waals surface area contributed by atoms with Crippen molar-refractivity contribution in [2.75, 3.05) is 17.7 Å². The zero-order chi connectivity index (χ0) is 23.7. The van der Waals surface area contributed by atoms with E-state index in [4.69, 9.17) is 13.9 Å². The molecule has 2 aromatic carbocycles. The Bertz CT molecular complexity index is 1390. The van der Waals surface area contributed by atoms with E-state index in [0.29, 0.717) is 22.9 Å². The van der Waals surface area contributed by atoms with Crippen LogP contribution in [0.1, 0.15) is 17.7 Å². The maximum atomic E-state index is 12.9. The maximum absolute atomic E-state index is 12.9. The predicted molar refractivity (Wildman–Crippen MR) is 125 cm³/mol. The first-order chi connectivity index (χ1) is 16.5. The molecule has 0 saturated carbocycles. The van der Waals surface area contributed by atoms with Gasteiger partial charge >= 0.3 is 0 Å². The van der Waals surface area contributed by atoms with Gasteiger partial charge in [0.2, 0.25) is 12.0 Å². The summed E-state index contributed by atoms with van der Waals surface area (Å²) in [6.45, 7) is 2.02. The first-order valence-electron chi connectivity index (χ1n) is 10.5. The van der Waals surface area contributed by atoms with Crippen LogP contribution in [0.5, 0.6) is 11.5 Å². The van der Waals surface area contributed by atoms with Gasteiger partial charge in [0.25, 0.3) is 16.7 Å². The normalized spacial score (nSPS) is 14.7. The number of hydrogen-bond acceptors (Lipinski definition) is 8. The Morgan fingerprint density at radius 3 is 2.65 bits per heavy atom. The van der Waals surface area contributed by atoms with Crippen molar-refractivity contribution in [3.05, 3.63) is 76.5 Å². The van der Waals surface area contributed by atoms with Gasteiger partial charge in [-0.1, -0.05) is 42.1 Å². The molecule has 0 aliphatic carbocycles. The van der Waals surface area contributed by atoms with Gasteiger partial charge < -0.3 is 19.2 Å². The summed E-state index contributed by atoms with van der Waals surface area (Å²) in [5.41, 5.74) is 1.28. The van der Waals surface area contributed by atoms with Crippen molar-refractivity contribution in [2.24, 2.45) is 7.05 Å². The minimum absolute atomic E-state index is 0.00833. The molecule has 0 spiro atoms. The molecule has 0 unspecified atom stereocenters. The first kappa shape index (κ1) is 21.8. The monoisotopic (exact) mass is 479 g/mol. The predicted octanol–water partition coefficient (Wildman–Crippen LogP) is 3.11. The highest BCUT2D eigenvalue weighted by Crippen LogP contribution is 2.35. The van der Waals surface area contributed by atoms with Crippen molar-refractivity contribution < 1.29 is 18.7 Å². The molecule has 11 heteroatoms. The van der Waals surface area contributed by atoms with Crippen LogP contribution in [0.15, 0.2) is 69.0 Å². The molecule has 3 heterocycles. The summed E-state index contributed by atoms with van der Waals surface area (Å²) < 4.78 is 20.4. The van der Waals surface area contributed by atoms with E-state index in [1.807, 2.05) is 48.5 Å². The Kier molecular flexibility index (Phi) is 5.84. The molecule has 1 aliphatic heterocycles. The number of amides is 1. The molecule has 4 aromatic rings. The first-order valence-corrected chi connectivity index (χ1v) is 11.5. The fourth-order valence-electron chi connectivity index (χ4n) is 3.57. The van der Waals surface area contributed by atoms with Crippen LogP contribution in [0.3, 0.4) is 0 Å². The standard InChI is InChI=1S/C23H21N5O5S/c1-14-20(22(30)28(27(14)2)15-8-4-3-5-9-15)24-19(29)13-34-23-26-25-21(33-23)18-12-31-16-10-6-7-11-17(16)32-18/h3-11,18H,12-13H2,1-2H3,(H,24,29)/t18-/m1/s1. The number of carbonyl (C=O) groups is 1. The zero-order valence-electron chi connectivity index (χ0n) is 18.4. The Morgan fingerprint density at radius 1 is 1.12 bits per heavy atom. The lowest BCUT2D eigenvalue weighted by atomic mass is 10.2. The molecule has 174 valence electrons. The van der Waals surface area contributed by atoms with Crippen molar-refractivity contribution in [1.82, 2.24) is 19.6 Å². The highest BCUT2D eigenvalue weighted by atomic mass is 32.2. The van der Waals surface area contributed by atoms with Gasteiger partial charge in [0.1, 0.15) is 12.3 Å². The summed E-state index contributed by atoms with van der Waals surface area (Å²) in [5.74, 6) is 1.16. The van der Waals surface area contributed by atoms with Crippen molar-refractivity contribution in [2.45, 2.75) is 18.3 Å². The van der Waals surface area contributed by atoms with Gasteiger partial charge in [0.15, 0.2) is 11.5 Å². The Morgan fingerprint density at radius 2 is 1.85 bits per heavy atom. The number of benzene rings is 2. The third-order valence-electron chi connectivity index (χ3n) is 5.35. The fraction of sp³-hybridized carbons (Fsp3) is 0.217. The topological polar surface area (TPSA) is 113 Å². The van der Waals surface area contributed by atoms with Gasteiger partial charge in [-0.15, -0.1) is 10.2 Å². The van der Waals surface area contributed by atoms with Crippen molar-refractivity contribution in [1.29, 1.82) is 0 Å². The van der Waals surface area contributed by atoms with E-state index in [9.17, 15) is 9.59 Å². The van der Waals surface area contributed by atoms with E-state index >= 15 is 0 Å². The molecule has 5 rings (SSSR count). The second kappa shape index (κ2) is 9.10. The van der Waals surface area contributed by atoms with Gasteiger partial charge in [-0.25, -0.2) is 4.68 Å². The smallest absolute Gasteiger partial charge is 0.295 e. The van der Waals surface area contributed by atoms with E-state index in [2.05, 4.69) is 15.5 Å². The third-order valence-corrected chi connectivity index (χ3v) is 6.17. The summed E-state index contributed by atoms with van der Waals surface area (Å²) in [6.07, 6.45) is -0.533. The number of hydrogen-bond donors (Lipinski definition) is 1. The molecule has 0 fully saturated rings. The molecule has 1 amide bonds. The average Bonchev–Trinajstić information content (AvgIpc) is 3.42. The highest BCUT2D eigenvalue weighted by molar-refractivity contribution is 7.99. The summed E-state index contributed by atoms with van der Waals surface area (Å²) in [4.78, 5) is 25.5. The zero-order valence-corrected chi connectivity index (χ0v) is 19.2. The average molecular weight is 480 g/mol. The maximum Gasteiger partial charge on any atom is 0.295 e. The SMILES string of the molecule is Cc1c(NC(=O)CSc2nnc([C@H]3COc4ccccc4O3)o2)c(=O)n(-c2ccccc2)n1C. The van der Waals surface area contributed by atoms with E-state index in [0.717, 1.165) is 11.8 Å². The molecule has 0 saturated heterocycles. The second-order valence-electron chi connectivity index (χ2n) is 7.54. The number of anilines is 1. The molecule has 2 aromatic heterocycles. The van der Waals surface area contributed by atoms with Gasteiger partial charge in [0, 0.05) is 7.05 Å². The van der Waals surface area contributed by atoms with Crippen LogP contribution in [-0.4, -0.2) is 37.8 Å². The summed E-state index contributed by atoms with van der Waals surface area (Å²) in [7, 11) is 1.77. The highest BCUT2D eigenvalue weighted by Gasteiger charge is 2.27. The molecule has 34 heavy (non-hydrogen) atoms. The van der Waals surface area contributed by atoms with Gasteiger partial charge in [0.05, 0.1) is 17.1 Å². The van der Waals surface area contributed by atoms with E-state index < -0.39 is 6.10 Å². The van der Waals surface area contributed by atoms with Crippen molar-refractivity contribution in [3.63, 3.8) is 0 Å². The van der Waals surface area contributed by atoms with Crippen molar-refractivity contribution >= 4 is 23.4 Å². The minimum Gasteiger partial charge on any atom is -0.485 e. The number of para-hydroxylation sites is 3. The molecule has 1 N–H and O–H groups in total. The molecular formula is C23H21N5O5S. The van der Waals surface area contributed by atoms with Crippen LogP contribution in [0.25, 0.3) is 5.69 Å². The number of nitrogens with zero attached hydrogens (tertiary/aromatic N) is 4. The minimum atomic E-state index is -0.533. The number of nitrogens with one attached hydrogen (secondary N) is 1. The molecular weight excluding hydrogens is 458 g/mol. The lowest BCUT2D eigenvalue weighted by molar-refractivity contribution is -0.113. The Balaban J connectivity index is 1.23. The summed E-state index contributed by atoms with van der Waals surface area (Å²) in [5, 5.41) is 10.9. The molecule has 1 atom stereocenters. The molecule has 0 radical (unpaired) electrons. The fourth-order valence-corrected chi connectivity index (χ4v) is 4.13. The Hall–Kier alpha value is -3.99. The number of carbonyl (C=O) groups excluding carboxylic acids is 1. The van der Waals surface area contributed by atoms with Crippen molar-refractivity contribution in [3.8, 4) is 17.2 Å². The van der Waals surface area contributed by atoms with Crippen LogP contribution in [0.2, 0.25) is 0 Å². The summed E-state index contributed by atoms with van der Waals surface area (Å²) >= 11 is 1.07. The van der Waals surface area contributed by atoms with Crippen LogP contribution < -0.4 is 20.3 Å². The van der Waals surface area contributed by atoms with E-state index in [1.54, 1.807) is 24.7 Å². The number of ether oxygens (including phenoxy) is 2.